The van der Waals surface area contributed by atoms with Gasteiger partial charge in [-0.05, 0) is 18.6 Å². The summed E-state index contributed by atoms with van der Waals surface area (Å²) in [5.41, 5.74) is 0.874. The molecule has 0 spiro atoms. The summed E-state index contributed by atoms with van der Waals surface area (Å²) >= 11 is 0. The number of imidazole rings is 1. The van der Waals surface area contributed by atoms with Crippen LogP contribution in [0.4, 0.5) is 0 Å². The molecule has 23 heavy (non-hydrogen) atoms. The average Bonchev–Trinajstić information content (AvgIpc) is 3.22. The molecule has 1 N–H and O–H groups in total. The van der Waals surface area contributed by atoms with E-state index in [1.807, 2.05) is 11.5 Å². The van der Waals surface area contributed by atoms with Crippen LogP contribution in [0.1, 0.15) is 37.3 Å². The number of rotatable bonds is 5. The normalized spacial score (nSPS) is 16.9. The Hall–Kier alpha value is -2.57. The SMILES string of the molecule is CCCC(=O)N1Cc2cncn2[C@H](C(=O)NCc2ccco2)C1. The molecule has 1 atom stereocenters. The standard InChI is InChI=1S/C16H20N4O3/c1-2-4-15(21)19-9-12-7-17-11-20(12)14(10-19)16(22)18-8-13-5-3-6-23-13/h3,5-7,11,14H,2,4,8-10H2,1H3,(H,18,22)/t14-/m0/s1. The molecule has 0 saturated carbocycles. The van der Waals surface area contributed by atoms with Crippen LogP contribution in [-0.2, 0) is 22.7 Å². The van der Waals surface area contributed by atoms with E-state index in [-0.39, 0.29) is 11.8 Å². The smallest absolute Gasteiger partial charge is 0.245 e. The molecule has 1 aliphatic heterocycles. The summed E-state index contributed by atoms with van der Waals surface area (Å²) in [5, 5.41) is 2.86. The van der Waals surface area contributed by atoms with E-state index >= 15 is 0 Å². The summed E-state index contributed by atoms with van der Waals surface area (Å²) in [5.74, 6) is 0.623. The Balaban J connectivity index is 1.72. The van der Waals surface area contributed by atoms with E-state index in [1.165, 1.54) is 0 Å². The van der Waals surface area contributed by atoms with Gasteiger partial charge >= 0.3 is 0 Å². The van der Waals surface area contributed by atoms with Crippen molar-refractivity contribution in [3.8, 4) is 0 Å². The highest BCUT2D eigenvalue weighted by molar-refractivity contribution is 5.82. The Bertz CT molecular complexity index is 677. The van der Waals surface area contributed by atoms with Gasteiger partial charge in [-0.15, -0.1) is 0 Å². The van der Waals surface area contributed by atoms with Gasteiger partial charge in [-0.1, -0.05) is 6.92 Å². The molecule has 1 aliphatic rings. The second-order valence-corrected chi connectivity index (χ2v) is 5.63. The van der Waals surface area contributed by atoms with E-state index in [2.05, 4.69) is 10.3 Å². The van der Waals surface area contributed by atoms with Crippen LogP contribution in [0.15, 0.2) is 35.3 Å². The van der Waals surface area contributed by atoms with Crippen LogP contribution in [-0.4, -0.2) is 32.8 Å². The van der Waals surface area contributed by atoms with Crippen molar-refractivity contribution in [1.82, 2.24) is 19.8 Å². The van der Waals surface area contributed by atoms with Crippen molar-refractivity contribution < 1.29 is 14.0 Å². The van der Waals surface area contributed by atoms with E-state index in [9.17, 15) is 9.59 Å². The summed E-state index contributed by atoms with van der Waals surface area (Å²) in [6.45, 7) is 3.17. The quantitative estimate of drug-likeness (QED) is 0.906. The molecule has 0 bridgehead atoms. The number of carbonyl (C=O) groups is 2. The Morgan fingerprint density at radius 3 is 3.09 bits per heavy atom. The van der Waals surface area contributed by atoms with Crippen molar-refractivity contribution in [2.24, 2.45) is 0 Å². The molecule has 0 radical (unpaired) electrons. The van der Waals surface area contributed by atoms with Crippen LogP contribution >= 0.6 is 0 Å². The van der Waals surface area contributed by atoms with Crippen molar-refractivity contribution in [3.05, 3.63) is 42.4 Å². The first-order chi connectivity index (χ1) is 11.2. The van der Waals surface area contributed by atoms with Gasteiger partial charge in [-0.2, -0.15) is 0 Å². The third-order valence-corrected chi connectivity index (χ3v) is 3.96. The van der Waals surface area contributed by atoms with Gasteiger partial charge in [-0.25, -0.2) is 4.98 Å². The maximum Gasteiger partial charge on any atom is 0.245 e. The van der Waals surface area contributed by atoms with Crippen LogP contribution in [0.2, 0.25) is 0 Å². The summed E-state index contributed by atoms with van der Waals surface area (Å²) in [6, 6.07) is 3.12. The predicted octanol–water partition coefficient (Wildman–Crippen LogP) is 1.48. The number of hydrogen-bond acceptors (Lipinski definition) is 4. The zero-order chi connectivity index (χ0) is 16.2. The summed E-state index contributed by atoms with van der Waals surface area (Å²) in [6.07, 6.45) is 6.21. The number of hydrogen-bond donors (Lipinski definition) is 1. The third kappa shape index (κ3) is 3.28. The molecule has 7 heteroatoms. The van der Waals surface area contributed by atoms with Gasteiger partial charge in [0, 0.05) is 12.6 Å². The van der Waals surface area contributed by atoms with Crippen LogP contribution in [0.5, 0.6) is 0 Å². The topological polar surface area (TPSA) is 80.4 Å². The Morgan fingerprint density at radius 2 is 2.35 bits per heavy atom. The highest BCUT2D eigenvalue weighted by atomic mass is 16.3. The van der Waals surface area contributed by atoms with Gasteiger partial charge in [0.25, 0.3) is 0 Å². The van der Waals surface area contributed by atoms with Gasteiger partial charge in [0.05, 0.1) is 37.9 Å². The molecule has 7 nitrogen and oxygen atoms in total. The largest absolute Gasteiger partial charge is 0.467 e. The van der Waals surface area contributed by atoms with Gasteiger partial charge in [0.1, 0.15) is 11.8 Å². The van der Waals surface area contributed by atoms with Gasteiger partial charge in [-0.3, -0.25) is 9.59 Å². The first-order valence-electron chi connectivity index (χ1n) is 7.77. The van der Waals surface area contributed by atoms with Crippen LogP contribution in [0.3, 0.4) is 0 Å². The lowest BCUT2D eigenvalue weighted by Gasteiger charge is -2.33. The van der Waals surface area contributed by atoms with Crippen LogP contribution < -0.4 is 5.32 Å². The molecule has 0 saturated heterocycles. The van der Waals surface area contributed by atoms with Crippen molar-refractivity contribution in [3.63, 3.8) is 0 Å². The van der Waals surface area contributed by atoms with Gasteiger partial charge < -0.3 is 19.2 Å². The fourth-order valence-corrected chi connectivity index (χ4v) is 2.77. The van der Waals surface area contributed by atoms with Crippen molar-refractivity contribution in [2.45, 2.75) is 38.9 Å². The number of nitrogens with zero attached hydrogens (tertiary/aromatic N) is 3. The first-order valence-corrected chi connectivity index (χ1v) is 7.77. The van der Waals surface area contributed by atoms with E-state index < -0.39 is 6.04 Å². The maximum absolute atomic E-state index is 12.5. The van der Waals surface area contributed by atoms with Crippen LogP contribution in [0.25, 0.3) is 0 Å². The summed E-state index contributed by atoms with van der Waals surface area (Å²) in [4.78, 5) is 30.6. The molecule has 2 aromatic rings. The second-order valence-electron chi connectivity index (χ2n) is 5.63. The Morgan fingerprint density at radius 1 is 1.48 bits per heavy atom. The minimum atomic E-state index is -0.461. The van der Waals surface area contributed by atoms with Crippen molar-refractivity contribution >= 4 is 11.8 Å². The number of aromatic nitrogens is 2. The molecular weight excluding hydrogens is 296 g/mol. The minimum absolute atomic E-state index is 0.0729. The van der Waals surface area contributed by atoms with Gasteiger partial charge in [0.15, 0.2) is 0 Å². The first kappa shape index (κ1) is 15.3. The number of furan rings is 1. The maximum atomic E-state index is 12.5. The van der Waals surface area contributed by atoms with E-state index in [4.69, 9.17) is 4.42 Å². The van der Waals surface area contributed by atoms with Gasteiger partial charge in [0.2, 0.25) is 11.8 Å². The van der Waals surface area contributed by atoms with Crippen LogP contribution in [0, 0.1) is 0 Å². The lowest BCUT2D eigenvalue weighted by molar-refractivity contribution is -0.135. The third-order valence-electron chi connectivity index (χ3n) is 3.96. The van der Waals surface area contributed by atoms with E-state index in [0.717, 1.165) is 12.1 Å². The molecule has 0 aromatic carbocycles. The molecule has 122 valence electrons. The lowest BCUT2D eigenvalue weighted by Crippen LogP contribution is -2.46. The second kappa shape index (κ2) is 6.68. The molecule has 3 rings (SSSR count). The minimum Gasteiger partial charge on any atom is -0.467 e. The Kier molecular flexibility index (Phi) is 4.45. The Labute approximate surface area is 134 Å². The average molecular weight is 316 g/mol. The zero-order valence-corrected chi connectivity index (χ0v) is 13.1. The molecule has 0 aliphatic carbocycles. The number of carbonyl (C=O) groups excluding carboxylic acids is 2. The molecule has 0 fully saturated rings. The lowest BCUT2D eigenvalue weighted by atomic mass is 10.1. The highest BCUT2D eigenvalue weighted by Crippen LogP contribution is 2.22. The molecule has 2 aromatic heterocycles. The van der Waals surface area contributed by atoms with Crippen molar-refractivity contribution in [2.75, 3.05) is 6.54 Å². The molecular formula is C16H20N4O3. The number of fused-ring (bicyclic) bond motifs is 1. The van der Waals surface area contributed by atoms with E-state index in [0.29, 0.717) is 31.8 Å². The summed E-state index contributed by atoms with van der Waals surface area (Å²) in [7, 11) is 0. The fourth-order valence-electron chi connectivity index (χ4n) is 2.77. The number of amides is 2. The monoisotopic (exact) mass is 316 g/mol. The fraction of sp³-hybridized carbons (Fsp3) is 0.438. The number of nitrogens with one attached hydrogen (secondary N) is 1. The van der Waals surface area contributed by atoms with Crippen molar-refractivity contribution in [1.29, 1.82) is 0 Å². The summed E-state index contributed by atoms with van der Waals surface area (Å²) < 4.78 is 7.06. The molecule has 3 heterocycles. The predicted molar refractivity (Wildman–Crippen MR) is 82.1 cm³/mol. The molecule has 0 unspecified atom stereocenters. The zero-order valence-electron chi connectivity index (χ0n) is 13.1. The highest BCUT2D eigenvalue weighted by Gasteiger charge is 2.32. The molecule has 2 amide bonds. The van der Waals surface area contributed by atoms with E-state index in [1.54, 1.807) is 35.8 Å².